The fourth-order valence-corrected chi connectivity index (χ4v) is 4.60. The van der Waals surface area contributed by atoms with Crippen LogP contribution in [-0.2, 0) is 25.1 Å². The van der Waals surface area contributed by atoms with Gasteiger partial charge in [-0.15, -0.1) is 0 Å². The van der Waals surface area contributed by atoms with Crippen LogP contribution in [0.4, 0.5) is 21.0 Å². The molecule has 0 fully saturated rings. The van der Waals surface area contributed by atoms with Gasteiger partial charge in [-0.2, -0.15) is 0 Å². The molecule has 2 rings (SSSR count). The molecule has 2 aromatic carbocycles. The molecule has 1 unspecified atom stereocenters. The summed E-state index contributed by atoms with van der Waals surface area (Å²) in [5.41, 5.74) is -0.544. The number of carboxylic acids is 1. The predicted molar refractivity (Wildman–Crippen MR) is 140 cm³/mol. The van der Waals surface area contributed by atoms with Gasteiger partial charge in [-0.25, -0.2) is 18.0 Å². The van der Waals surface area contributed by atoms with Crippen LogP contribution in [0.3, 0.4) is 0 Å². The van der Waals surface area contributed by atoms with Crippen LogP contribution in [0.25, 0.3) is 0 Å². The number of nitrogens with one attached hydrogen (secondary N) is 4. The van der Waals surface area contributed by atoms with Crippen LogP contribution in [-0.4, -0.2) is 44.8 Å². The SMILES string of the molecule is C=CCOC(=O)NC(CC)(CC(=O)O)c1cccc(NS(=O)(=O)c2cccc(NC(=O)NCCC)c2)c1. The number of carbonyl (C=O) groups is 3. The smallest absolute Gasteiger partial charge is 0.408 e. The molecule has 0 aliphatic heterocycles. The first kappa shape index (κ1) is 29.2. The van der Waals surface area contributed by atoms with Crippen LogP contribution in [0.15, 0.2) is 66.1 Å². The van der Waals surface area contributed by atoms with Gasteiger partial charge in [0.1, 0.15) is 6.61 Å². The van der Waals surface area contributed by atoms with Gasteiger partial charge in [-0.1, -0.05) is 44.7 Å². The Balaban J connectivity index is 2.33. The lowest BCUT2D eigenvalue weighted by atomic mass is 9.84. The Kier molecular flexibility index (Phi) is 10.5. The maximum absolute atomic E-state index is 13.1. The second-order valence-corrected chi connectivity index (χ2v) is 9.80. The van der Waals surface area contributed by atoms with Gasteiger partial charge in [0.25, 0.3) is 10.0 Å². The summed E-state index contributed by atoms with van der Waals surface area (Å²) in [6.45, 7) is 7.49. The predicted octanol–water partition coefficient (Wildman–Crippen LogP) is 4.01. The van der Waals surface area contributed by atoms with Crippen molar-refractivity contribution in [2.45, 2.75) is 43.5 Å². The molecule has 0 spiro atoms. The number of hydrogen-bond acceptors (Lipinski definition) is 6. The first-order valence-corrected chi connectivity index (χ1v) is 13.1. The molecular weight excluding hydrogens is 500 g/mol. The number of carbonyl (C=O) groups excluding carboxylic acids is 2. The van der Waals surface area contributed by atoms with Crippen LogP contribution in [0.1, 0.15) is 38.7 Å². The van der Waals surface area contributed by atoms with Gasteiger partial charge in [0.05, 0.1) is 16.9 Å². The monoisotopic (exact) mass is 532 g/mol. The molecule has 0 saturated carbocycles. The third-order valence-electron chi connectivity index (χ3n) is 5.34. The number of anilines is 2. The Morgan fingerprint density at radius 1 is 1.08 bits per heavy atom. The maximum Gasteiger partial charge on any atom is 0.408 e. The molecule has 11 nitrogen and oxygen atoms in total. The molecular formula is C25H32N4O7S. The molecule has 5 N–H and O–H groups in total. The lowest BCUT2D eigenvalue weighted by Crippen LogP contribution is -2.47. The van der Waals surface area contributed by atoms with Crippen molar-refractivity contribution in [3.63, 3.8) is 0 Å². The summed E-state index contributed by atoms with van der Waals surface area (Å²) in [5, 5.41) is 17.4. The van der Waals surface area contributed by atoms with Crippen LogP contribution in [0.2, 0.25) is 0 Å². The second kappa shape index (κ2) is 13.3. The van der Waals surface area contributed by atoms with Crippen molar-refractivity contribution >= 4 is 39.5 Å². The van der Waals surface area contributed by atoms with E-state index in [2.05, 4.69) is 27.3 Å². The van der Waals surface area contributed by atoms with E-state index in [9.17, 15) is 27.9 Å². The summed E-state index contributed by atoms with van der Waals surface area (Å²) in [6, 6.07) is 11.4. The van der Waals surface area contributed by atoms with Crippen LogP contribution >= 0.6 is 0 Å². The van der Waals surface area contributed by atoms with E-state index < -0.39 is 40.1 Å². The van der Waals surface area contributed by atoms with Gasteiger partial charge in [0.2, 0.25) is 0 Å². The zero-order valence-corrected chi connectivity index (χ0v) is 21.6. The van der Waals surface area contributed by atoms with E-state index in [0.29, 0.717) is 17.8 Å². The number of carboxylic acid groups (broad SMARTS) is 1. The molecule has 0 aliphatic rings. The van der Waals surface area contributed by atoms with E-state index in [1.165, 1.54) is 36.4 Å². The molecule has 37 heavy (non-hydrogen) atoms. The third kappa shape index (κ3) is 8.53. The van der Waals surface area contributed by atoms with Gasteiger partial charge in [-0.3, -0.25) is 9.52 Å². The number of alkyl carbamates (subject to hydrolysis) is 1. The van der Waals surface area contributed by atoms with Gasteiger partial charge < -0.3 is 25.8 Å². The standard InChI is InChI=1S/C25H32N4O7S/c1-4-13-26-23(32)27-19-10-8-12-21(16-19)37(34,35)29-20-11-7-9-18(15-20)25(6-3,17-22(30)31)28-24(33)36-14-5-2/h5,7-12,15-16,29H,2,4,6,13-14,17H2,1,3H3,(H,28,33)(H,30,31)(H2,26,27,32). The van der Waals surface area contributed by atoms with E-state index in [-0.39, 0.29) is 23.6 Å². The molecule has 200 valence electrons. The maximum atomic E-state index is 13.1. The van der Waals surface area contributed by atoms with Gasteiger partial charge in [0, 0.05) is 17.9 Å². The summed E-state index contributed by atoms with van der Waals surface area (Å²) < 4.78 is 33.6. The van der Waals surface area contributed by atoms with E-state index in [1.54, 1.807) is 25.1 Å². The Hall–Kier alpha value is -4.06. The van der Waals surface area contributed by atoms with Crippen molar-refractivity contribution in [1.82, 2.24) is 10.6 Å². The topological polar surface area (TPSA) is 163 Å². The highest BCUT2D eigenvalue weighted by atomic mass is 32.2. The molecule has 0 radical (unpaired) electrons. The molecule has 0 heterocycles. The highest BCUT2D eigenvalue weighted by Gasteiger charge is 2.36. The van der Waals surface area contributed by atoms with Crippen LogP contribution in [0.5, 0.6) is 0 Å². The minimum absolute atomic E-state index is 0.0628. The van der Waals surface area contributed by atoms with E-state index in [4.69, 9.17) is 4.74 Å². The Bertz CT molecular complexity index is 1230. The van der Waals surface area contributed by atoms with E-state index >= 15 is 0 Å². The summed E-state index contributed by atoms with van der Waals surface area (Å²) in [7, 11) is -4.08. The third-order valence-corrected chi connectivity index (χ3v) is 6.71. The molecule has 0 saturated heterocycles. The number of urea groups is 1. The number of aliphatic carboxylic acids is 1. The number of sulfonamides is 1. The first-order valence-electron chi connectivity index (χ1n) is 11.6. The van der Waals surface area contributed by atoms with Gasteiger partial charge in [-0.05, 0) is 48.7 Å². The molecule has 0 aliphatic carbocycles. The Morgan fingerprint density at radius 2 is 1.78 bits per heavy atom. The number of rotatable bonds is 13. The largest absolute Gasteiger partial charge is 0.481 e. The summed E-state index contributed by atoms with van der Waals surface area (Å²) in [5.74, 6) is -1.16. The second-order valence-electron chi connectivity index (χ2n) is 8.11. The van der Waals surface area contributed by atoms with E-state index in [0.717, 1.165) is 6.42 Å². The normalized spacial score (nSPS) is 12.5. The minimum atomic E-state index is -4.08. The van der Waals surface area contributed by atoms with Crippen molar-refractivity contribution < 1.29 is 32.6 Å². The summed E-state index contributed by atoms with van der Waals surface area (Å²) in [4.78, 5) is 35.8. The van der Waals surface area contributed by atoms with Gasteiger partial charge in [0.15, 0.2) is 0 Å². The zero-order valence-electron chi connectivity index (χ0n) is 20.7. The number of hydrogen-bond donors (Lipinski definition) is 5. The van der Waals surface area contributed by atoms with Crippen molar-refractivity contribution in [3.8, 4) is 0 Å². The van der Waals surface area contributed by atoms with Crippen molar-refractivity contribution in [3.05, 3.63) is 66.7 Å². The van der Waals surface area contributed by atoms with Crippen molar-refractivity contribution in [2.24, 2.45) is 0 Å². The fourth-order valence-electron chi connectivity index (χ4n) is 3.51. The number of amides is 3. The molecule has 3 amide bonds. The number of benzene rings is 2. The average molecular weight is 533 g/mol. The minimum Gasteiger partial charge on any atom is -0.481 e. The van der Waals surface area contributed by atoms with Crippen LogP contribution < -0.4 is 20.7 Å². The summed E-state index contributed by atoms with van der Waals surface area (Å²) in [6.07, 6.45) is 1.02. The molecule has 2 aromatic rings. The zero-order chi connectivity index (χ0) is 27.5. The first-order chi connectivity index (χ1) is 17.5. The quantitative estimate of drug-likeness (QED) is 0.243. The lowest BCUT2D eigenvalue weighted by Gasteiger charge is -2.33. The lowest BCUT2D eigenvalue weighted by molar-refractivity contribution is -0.138. The fraction of sp³-hybridized carbons (Fsp3) is 0.320. The Labute approximate surface area is 216 Å². The Morgan fingerprint density at radius 3 is 2.43 bits per heavy atom. The molecule has 1 atom stereocenters. The van der Waals surface area contributed by atoms with Crippen molar-refractivity contribution in [1.29, 1.82) is 0 Å². The highest BCUT2D eigenvalue weighted by Crippen LogP contribution is 2.32. The molecule has 0 aromatic heterocycles. The molecule has 0 bridgehead atoms. The average Bonchev–Trinajstić information content (AvgIpc) is 2.85. The highest BCUT2D eigenvalue weighted by molar-refractivity contribution is 7.92. The summed E-state index contributed by atoms with van der Waals surface area (Å²) >= 11 is 0. The van der Waals surface area contributed by atoms with E-state index in [1.807, 2.05) is 6.92 Å². The number of ether oxygens (including phenoxy) is 1. The van der Waals surface area contributed by atoms with Gasteiger partial charge >= 0.3 is 18.1 Å². The van der Waals surface area contributed by atoms with Crippen molar-refractivity contribution in [2.75, 3.05) is 23.2 Å². The van der Waals surface area contributed by atoms with Crippen LogP contribution in [0, 0.1) is 0 Å². The molecule has 12 heteroatoms.